The van der Waals surface area contributed by atoms with Crippen molar-refractivity contribution in [2.75, 3.05) is 0 Å². The summed E-state index contributed by atoms with van der Waals surface area (Å²) >= 11 is 6.58. The maximum atomic E-state index is 10.1. The van der Waals surface area contributed by atoms with Crippen molar-refractivity contribution < 1.29 is 10.2 Å². The number of aromatic hydroxyl groups is 2. The van der Waals surface area contributed by atoms with Gasteiger partial charge in [0.25, 0.3) is 0 Å². The molecule has 0 bridgehead atoms. The maximum Gasteiger partial charge on any atom is 0.172 e. The van der Waals surface area contributed by atoms with Crippen LogP contribution in [0.15, 0.2) is 0 Å². The standard InChI is InChI=1S/C15H21I3O2/c1-2-3-4-5-6-7-8-9-10-11(16)12(17)13(18)15(20)14(10)19/h19-20H,2-9H2,1H3. The van der Waals surface area contributed by atoms with Crippen molar-refractivity contribution in [3.05, 3.63) is 16.3 Å². The van der Waals surface area contributed by atoms with Crippen LogP contribution >= 0.6 is 67.8 Å². The third-order valence-electron chi connectivity index (χ3n) is 3.40. The first-order valence-electron chi connectivity index (χ1n) is 7.07. The first-order chi connectivity index (χ1) is 9.50. The van der Waals surface area contributed by atoms with Crippen molar-refractivity contribution in [3.8, 4) is 11.5 Å². The SMILES string of the molecule is CCCCCCCCCc1c(O)c(O)c(I)c(I)c1I. The molecule has 0 atom stereocenters. The van der Waals surface area contributed by atoms with Gasteiger partial charge in [0.2, 0.25) is 0 Å². The summed E-state index contributed by atoms with van der Waals surface area (Å²) in [6, 6.07) is 0. The van der Waals surface area contributed by atoms with Crippen LogP contribution in [0.1, 0.15) is 57.4 Å². The normalized spacial score (nSPS) is 11.0. The van der Waals surface area contributed by atoms with Crippen molar-refractivity contribution in [2.24, 2.45) is 0 Å². The van der Waals surface area contributed by atoms with Crippen LogP contribution in [0, 0.1) is 10.7 Å². The van der Waals surface area contributed by atoms with Gasteiger partial charge in [-0.05, 0) is 80.6 Å². The van der Waals surface area contributed by atoms with Crippen molar-refractivity contribution in [2.45, 2.75) is 58.3 Å². The van der Waals surface area contributed by atoms with E-state index in [0.717, 1.165) is 29.1 Å². The highest BCUT2D eigenvalue weighted by Gasteiger charge is 2.18. The molecule has 2 N–H and O–H groups in total. The Bertz CT molecular complexity index is 418. The molecule has 0 aromatic heterocycles. The topological polar surface area (TPSA) is 40.5 Å². The van der Waals surface area contributed by atoms with Gasteiger partial charge in [-0.15, -0.1) is 0 Å². The summed E-state index contributed by atoms with van der Waals surface area (Å²) in [5.41, 5.74) is 0.904. The molecule has 0 heterocycles. The first kappa shape index (κ1) is 19.1. The molecule has 0 saturated carbocycles. The molecule has 1 rings (SSSR count). The van der Waals surface area contributed by atoms with Gasteiger partial charge in [0.05, 0.1) is 3.57 Å². The van der Waals surface area contributed by atoms with Crippen molar-refractivity contribution in [1.82, 2.24) is 0 Å². The van der Waals surface area contributed by atoms with Crippen LogP contribution in [0.5, 0.6) is 11.5 Å². The van der Waals surface area contributed by atoms with Gasteiger partial charge in [0, 0.05) is 12.7 Å². The van der Waals surface area contributed by atoms with E-state index in [4.69, 9.17) is 0 Å². The fourth-order valence-electron chi connectivity index (χ4n) is 2.17. The molecule has 0 aliphatic heterocycles. The Kier molecular flexibility index (Phi) is 9.44. The summed E-state index contributed by atoms with van der Waals surface area (Å²) in [5, 5.41) is 20.0. The number of halogens is 3. The van der Waals surface area contributed by atoms with Crippen LogP contribution in [-0.4, -0.2) is 10.2 Å². The summed E-state index contributed by atoms with van der Waals surface area (Å²) in [7, 11) is 0. The largest absolute Gasteiger partial charge is 0.504 e. The van der Waals surface area contributed by atoms with E-state index < -0.39 is 0 Å². The molecule has 2 nitrogen and oxygen atoms in total. The molecule has 114 valence electrons. The lowest BCUT2D eigenvalue weighted by Crippen LogP contribution is -1.97. The van der Waals surface area contributed by atoms with Crippen LogP contribution < -0.4 is 0 Å². The number of rotatable bonds is 8. The summed E-state index contributed by atoms with van der Waals surface area (Å²) in [4.78, 5) is 0. The molecule has 0 aliphatic rings. The molecule has 20 heavy (non-hydrogen) atoms. The third-order valence-corrected chi connectivity index (χ3v) is 8.78. The maximum absolute atomic E-state index is 10.1. The summed E-state index contributed by atoms with van der Waals surface area (Å²) < 4.78 is 2.86. The van der Waals surface area contributed by atoms with Crippen molar-refractivity contribution in [1.29, 1.82) is 0 Å². The summed E-state index contributed by atoms with van der Waals surface area (Å²) in [5.74, 6) is 0.110. The summed E-state index contributed by atoms with van der Waals surface area (Å²) in [6.07, 6.45) is 9.65. The zero-order valence-electron chi connectivity index (χ0n) is 11.7. The average Bonchev–Trinajstić information content (AvgIpc) is 2.45. The van der Waals surface area contributed by atoms with Gasteiger partial charge in [0.1, 0.15) is 0 Å². The number of phenolic OH excluding ortho intramolecular Hbond substituents is 2. The molecule has 1 aromatic carbocycles. The average molecular weight is 614 g/mol. The van der Waals surface area contributed by atoms with E-state index >= 15 is 0 Å². The van der Waals surface area contributed by atoms with Gasteiger partial charge in [0.15, 0.2) is 11.5 Å². The van der Waals surface area contributed by atoms with Crippen LogP contribution in [0.2, 0.25) is 0 Å². The fraction of sp³-hybridized carbons (Fsp3) is 0.600. The Labute approximate surface area is 162 Å². The van der Waals surface area contributed by atoms with E-state index in [0.29, 0.717) is 0 Å². The Hall–Kier alpha value is 1.01. The molecule has 0 aliphatic carbocycles. The van der Waals surface area contributed by atoms with E-state index in [9.17, 15) is 10.2 Å². The predicted octanol–water partition coefficient (Wildman–Crippen LogP) is 6.20. The smallest absolute Gasteiger partial charge is 0.172 e. The monoisotopic (exact) mass is 614 g/mol. The Morgan fingerprint density at radius 1 is 0.700 bits per heavy atom. The highest BCUT2D eigenvalue weighted by atomic mass is 127. The van der Waals surface area contributed by atoms with Gasteiger partial charge < -0.3 is 10.2 Å². The van der Waals surface area contributed by atoms with Crippen molar-refractivity contribution >= 4 is 67.8 Å². The molecule has 1 aromatic rings. The fourth-order valence-corrected chi connectivity index (χ4v) is 4.59. The van der Waals surface area contributed by atoms with Crippen LogP contribution in [0.3, 0.4) is 0 Å². The number of phenols is 2. The predicted molar refractivity (Wildman–Crippen MR) is 110 cm³/mol. The number of unbranched alkanes of at least 4 members (excludes halogenated alkanes) is 6. The highest BCUT2D eigenvalue weighted by Crippen LogP contribution is 2.41. The van der Waals surface area contributed by atoms with E-state index in [1.54, 1.807) is 0 Å². The van der Waals surface area contributed by atoms with E-state index in [-0.39, 0.29) is 11.5 Å². The first-order valence-corrected chi connectivity index (χ1v) is 10.3. The molecule has 5 heteroatoms. The summed E-state index contributed by atoms with van der Waals surface area (Å²) in [6.45, 7) is 2.23. The minimum atomic E-state index is 0.0355. The quantitative estimate of drug-likeness (QED) is 0.159. The third kappa shape index (κ3) is 5.33. The molecule has 0 radical (unpaired) electrons. The number of hydrogen-bond acceptors (Lipinski definition) is 2. The van der Waals surface area contributed by atoms with Crippen LogP contribution in [0.25, 0.3) is 0 Å². The second-order valence-electron chi connectivity index (χ2n) is 4.99. The minimum Gasteiger partial charge on any atom is -0.504 e. The zero-order valence-corrected chi connectivity index (χ0v) is 18.2. The lowest BCUT2D eigenvalue weighted by molar-refractivity contribution is 0.395. The number of hydrogen-bond donors (Lipinski definition) is 2. The lowest BCUT2D eigenvalue weighted by atomic mass is 10.0. The molecule has 0 unspecified atom stereocenters. The molecular formula is C15H21I3O2. The van der Waals surface area contributed by atoms with E-state index in [2.05, 4.69) is 74.7 Å². The van der Waals surface area contributed by atoms with Gasteiger partial charge in [-0.1, -0.05) is 45.4 Å². The molecule has 0 fully saturated rings. The van der Waals surface area contributed by atoms with Crippen LogP contribution in [0.4, 0.5) is 0 Å². The molecule has 0 amide bonds. The van der Waals surface area contributed by atoms with Gasteiger partial charge in [-0.3, -0.25) is 0 Å². The van der Waals surface area contributed by atoms with E-state index in [1.165, 1.54) is 38.5 Å². The van der Waals surface area contributed by atoms with Gasteiger partial charge in [-0.2, -0.15) is 0 Å². The van der Waals surface area contributed by atoms with Crippen molar-refractivity contribution in [3.63, 3.8) is 0 Å². The van der Waals surface area contributed by atoms with Crippen LogP contribution in [-0.2, 0) is 6.42 Å². The molecule has 0 spiro atoms. The molecule has 0 saturated heterocycles. The van der Waals surface area contributed by atoms with E-state index in [1.807, 2.05) is 0 Å². The van der Waals surface area contributed by atoms with Gasteiger partial charge >= 0.3 is 0 Å². The lowest BCUT2D eigenvalue weighted by Gasteiger charge is -2.13. The number of benzene rings is 1. The second kappa shape index (κ2) is 9.91. The highest BCUT2D eigenvalue weighted by molar-refractivity contribution is 14.1. The zero-order chi connectivity index (χ0) is 15.1. The second-order valence-corrected chi connectivity index (χ2v) is 8.23. The Balaban J connectivity index is 2.52. The Morgan fingerprint density at radius 3 is 1.85 bits per heavy atom. The minimum absolute atomic E-state index is 0.0355. The Morgan fingerprint density at radius 2 is 1.25 bits per heavy atom. The van der Waals surface area contributed by atoms with Gasteiger partial charge in [-0.25, -0.2) is 0 Å². The molecular weight excluding hydrogens is 593 g/mol.